The Bertz CT molecular complexity index is 684. The summed E-state index contributed by atoms with van der Waals surface area (Å²) in [4.78, 5) is 30.6. The molecule has 2 heterocycles. The zero-order chi connectivity index (χ0) is 15.5. The number of amides is 2. The van der Waals surface area contributed by atoms with Crippen LogP contribution in [0.15, 0.2) is 35.8 Å². The van der Waals surface area contributed by atoms with Crippen LogP contribution in [0.5, 0.6) is 0 Å². The Kier molecular flexibility index (Phi) is 4.20. The maximum atomic E-state index is 12.5. The fourth-order valence-electron chi connectivity index (χ4n) is 2.68. The van der Waals surface area contributed by atoms with E-state index in [2.05, 4.69) is 10.3 Å². The van der Waals surface area contributed by atoms with Crippen molar-refractivity contribution in [2.45, 2.75) is 32.2 Å². The third kappa shape index (κ3) is 2.87. The molecule has 5 nitrogen and oxygen atoms in total. The molecule has 22 heavy (non-hydrogen) atoms. The van der Waals surface area contributed by atoms with Crippen molar-refractivity contribution in [3.05, 3.63) is 41.4 Å². The number of anilines is 2. The molecule has 0 unspecified atom stereocenters. The van der Waals surface area contributed by atoms with Crippen molar-refractivity contribution in [1.82, 2.24) is 4.98 Å². The Balaban J connectivity index is 1.87. The highest BCUT2D eigenvalue weighted by Gasteiger charge is 2.30. The zero-order valence-electron chi connectivity index (χ0n) is 12.3. The molecule has 1 aromatic carbocycles. The lowest BCUT2D eigenvalue weighted by Crippen LogP contribution is -2.45. The van der Waals surface area contributed by atoms with Gasteiger partial charge in [0.1, 0.15) is 6.04 Å². The van der Waals surface area contributed by atoms with Gasteiger partial charge in [0.05, 0.1) is 0 Å². The topological polar surface area (TPSA) is 62.3 Å². The SMILES string of the molecule is C[C@H](C(=O)Nc1nccs1)N1C(=O)CCCc2ccccc21. The van der Waals surface area contributed by atoms with Gasteiger partial charge >= 0.3 is 0 Å². The van der Waals surface area contributed by atoms with E-state index in [1.807, 2.05) is 24.3 Å². The van der Waals surface area contributed by atoms with Gasteiger partial charge in [-0.15, -0.1) is 11.3 Å². The maximum Gasteiger partial charge on any atom is 0.249 e. The lowest BCUT2D eigenvalue weighted by Gasteiger charge is -2.28. The van der Waals surface area contributed by atoms with E-state index in [-0.39, 0.29) is 11.8 Å². The predicted octanol–water partition coefficient (Wildman–Crippen LogP) is 2.84. The average Bonchev–Trinajstić information content (AvgIpc) is 2.95. The first-order valence-corrected chi connectivity index (χ1v) is 8.15. The first-order chi connectivity index (χ1) is 10.7. The van der Waals surface area contributed by atoms with E-state index in [0.29, 0.717) is 11.6 Å². The molecule has 1 N–H and O–H groups in total. The van der Waals surface area contributed by atoms with Crippen LogP contribution in [0.4, 0.5) is 10.8 Å². The molecule has 0 saturated heterocycles. The van der Waals surface area contributed by atoms with Gasteiger partial charge in [-0.2, -0.15) is 0 Å². The van der Waals surface area contributed by atoms with Crippen molar-refractivity contribution in [2.75, 3.05) is 10.2 Å². The highest BCUT2D eigenvalue weighted by molar-refractivity contribution is 7.13. The second kappa shape index (κ2) is 6.27. The largest absolute Gasteiger partial charge is 0.300 e. The van der Waals surface area contributed by atoms with Crippen LogP contribution < -0.4 is 10.2 Å². The Morgan fingerprint density at radius 1 is 1.36 bits per heavy atom. The number of aromatic nitrogens is 1. The molecule has 114 valence electrons. The van der Waals surface area contributed by atoms with Crippen molar-refractivity contribution in [1.29, 1.82) is 0 Å². The highest BCUT2D eigenvalue weighted by atomic mass is 32.1. The second-order valence-electron chi connectivity index (χ2n) is 5.25. The lowest BCUT2D eigenvalue weighted by molar-refractivity contribution is -0.123. The fraction of sp³-hybridized carbons (Fsp3) is 0.312. The minimum absolute atomic E-state index is 0.00765. The van der Waals surface area contributed by atoms with E-state index >= 15 is 0 Å². The smallest absolute Gasteiger partial charge is 0.249 e. The molecule has 6 heteroatoms. The number of carbonyl (C=O) groups is 2. The van der Waals surface area contributed by atoms with Crippen LogP contribution in [-0.4, -0.2) is 22.8 Å². The molecule has 2 amide bonds. The summed E-state index contributed by atoms with van der Waals surface area (Å²) >= 11 is 1.36. The van der Waals surface area contributed by atoms with E-state index in [4.69, 9.17) is 0 Å². The molecule has 0 saturated carbocycles. The summed E-state index contributed by atoms with van der Waals surface area (Å²) in [6.07, 6.45) is 3.77. The Hall–Kier alpha value is -2.21. The standard InChI is InChI=1S/C16H17N3O2S/c1-11(15(21)18-16-17-9-10-22-16)19-13-7-3-2-5-12(13)6-4-8-14(19)20/h2-3,5,7,9-11H,4,6,8H2,1H3,(H,17,18,21)/t11-/m1/s1. The molecule has 0 spiro atoms. The van der Waals surface area contributed by atoms with E-state index in [0.717, 1.165) is 24.1 Å². The van der Waals surface area contributed by atoms with Gasteiger partial charge in [0, 0.05) is 23.7 Å². The number of para-hydroxylation sites is 1. The van der Waals surface area contributed by atoms with E-state index < -0.39 is 6.04 Å². The number of aryl methyl sites for hydroxylation is 1. The Labute approximate surface area is 133 Å². The molecule has 2 aromatic rings. The van der Waals surface area contributed by atoms with Gasteiger partial charge in [-0.05, 0) is 31.4 Å². The van der Waals surface area contributed by atoms with Crippen LogP contribution >= 0.6 is 11.3 Å². The summed E-state index contributed by atoms with van der Waals surface area (Å²) in [7, 11) is 0. The van der Waals surface area contributed by atoms with Crippen LogP contribution in [0.2, 0.25) is 0 Å². The van der Waals surface area contributed by atoms with Crippen molar-refractivity contribution in [3.63, 3.8) is 0 Å². The number of nitrogens with zero attached hydrogens (tertiary/aromatic N) is 2. The first kappa shape index (κ1) is 14.7. The highest BCUT2D eigenvalue weighted by Crippen LogP contribution is 2.28. The van der Waals surface area contributed by atoms with E-state index in [1.54, 1.807) is 23.4 Å². The number of rotatable bonds is 3. The molecule has 1 aliphatic heterocycles. The first-order valence-electron chi connectivity index (χ1n) is 7.27. The Morgan fingerprint density at radius 3 is 2.95 bits per heavy atom. The summed E-state index contributed by atoms with van der Waals surface area (Å²) in [5.41, 5.74) is 1.95. The number of carbonyl (C=O) groups excluding carboxylic acids is 2. The van der Waals surface area contributed by atoms with Gasteiger partial charge in [-0.3, -0.25) is 14.5 Å². The normalized spacial score (nSPS) is 15.9. The third-order valence-electron chi connectivity index (χ3n) is 3.79. The minimum Gasteiger partial charge on any atom is -0.300 e. The molecule has 0 bridgehead atoms. The lowest BCUT2D eigenvalue weighted by atomic mass is 10.1. The van der Waals surface area contributed by atoms with E-state index in [1.165, 1.54) is 11.3 Å². The van der Waals surface area contributed by atoms with Crippen molar-refractivity contribution < 1.29 is 9.59 Å². The van der Waals surface area contributed by atoms with Crippen LogP contribution in [-0.2, 0) is 16.0 Å². The van der Waals surface area contributed by atoms with Crippen molar-refractivity contribution in [3.8, 4) is 0 Å². The van der Waals surface area contributed by atoms with Gasteiger partial charge < -0.3 is 5.32 Å². The number of nitrogens with one attached hydrogen (secondary N) is 1. The molecular weight excluding hydrogens is 298 g/mol. The second-order valence-corrected chi connectivity index (χ2v) is 6.14. The van der Waals surface area contributed by atoms with Crippen molar-refractivity contribution >= 4 is 34.0 Å². The molecule has 3 rings (SSSR count). The molecule has 0 radical (unpaired) electrons. The quantitative estimate of drug-likeness (QED) is 0.947. The van der Waals surface area contributed by atoms with Gasteiger partial charge in [-0.25, -0.2) is 4.98 Å². The monoisotopic (exact) mass is 315 g/mol. The molecule has 1 aromatic heterocycles. The van der Waals surface area contributed by atoms with Gasteiger partial charge in [-0.1, -0.05) is 18.2 Å². The third-order valence-corrected chi connectivity index (χ3v) is 4.47. The fourth-order valence-corrected chi connectivity index (χ4v) is 3.21. The Morgan fingerprint density at radius 2 is 2.18 bits per heavy atom. The van der Waals surface area contributed by atoms with Crippen LogP contribution in [0.1, 0.15) is 25.3 Å². The summed E-state index contributed by atoms with van der Waals surface area (Å²) in [5, 5.41) is 5.11. The summed E-state index contributed by atoms with van der Waals surface area (Å²) in [5.74, 6) is -0.230. The van der Waals surface area contributed by atoms with Crippen LogP contribution in [0.3, 0.4) is 0 Å². The molecular formula is C16H17N3O2S. The molecule has 1 aliphatic rings. The summed E-state index contributed by atoms with van der Waals surface area (Å²) in [6, 6.07) is 7.22. The summed E-state index contributed by atoms with van der Waals surface area (Å²) < 4.78 is 0. The number of benzene rings is 1. The van der Waals surface area contributed by atoms with E-state index in [9.17, 15) is 9.59 Å². The number of hydrogen-bond acceptors (Lipinski definition) is 4. The predicted molar refractivity (Wildman–Crippen MR) is 87.1 cm³/mol. The molecule has 0 fully saturated rings. The number of fused-ring (bicyclic) bond motifs is 1. The molecule has 0 aliphatic carbocycles. The minimum atomic E-state index is -0.573. The van der Waals surface area contributed by atoms with Gasteiger partial charge in [0.2, 0.25) is 11.8 Å². The number of thiazole rings is 1. The van der Waals surface area contributed by atoms with Gasteiger partial charge in [0.15, 0.2) is 5.13 Å². The van der Waals surface area contributed by atoms with Gasteiger partial charge in [0.25, 0.3) is 0 Å². The molecule has 1 atom stereocenters. The number of hydrogen-bond donors (Lipinski definition) is 1. The average molecular weight is 315 g/mol. The summed E-state index contributed by atoms with van der Waals surface area (Å²) in [6.45, 7) is 1.75. The maximum absolute atomic E-state index is 12.5. The zero-order valence-corrected chi connectivity index (χ0v) is 13.1. The van der Waals surface area contributed by atoms with Crippen molar-refractivity contribution in [2.24, 2.45) is 0 Å². The van der Waals surface area contributed by atoms with Crippen LogP contribution in [0.25, 0.3) is 0 Å². The van der Waals surface area contributed by atoms with Crippen LogP contribution in [0, 0.1) is 0 Å².